The summed E-state index contributed by atoms with van der Waals surface area (Å²) in [5.41, 5.74) is 5.28. The topological polar surface area (TPSA) is 50.9 Å². The molecule has 1 saturated carbocycles. The van der Waals surface area contributed by atoms with Gasteiger partial charge >= 0.3 is 0 Å². The molecule has 1 unspecified atom stereocenters. The van der Waals surface area contributed by atoms with Gasteiger partial charge in [-0.3, -0.25) is 16.3 Å². The summed E-state index contributed by atoms with van der Waals surface area (Å²) < 4.78 is 0. The third-order valence-electron chi connectivity index (χ3n) is 3.79. The van der Waals surface area contributed by atoms with E-state index in [2.05, 4.69) is 34.7 Å². The summed E-state index contributed by atoms with van der Waals surface area (Å²) in [5.74, 6) is 6.38. The fourth-order valence-electron chi connectivity index (χ4n) is 2.57. The largest absolute Gasteiger partial charge is 0.271 e. The number of hydrogen-bond donors (Lipinski definition) is 2. The molecule has 1 fully saturated rings. The van der Waals surface area contributed by atoms with Crippen LogP contribution in [-0.4, -0.2) is 4.98 Å². The lowest BCUT2D eigenvalue weighted by atomic mass is 9.77. The van der Waals surface area contributed by atoms with Gasteiger partial charge < -0.3 is 0 Å². The minimum absolute atomic E-state index is 0.286. The zero-order valence-electron chi connectivity index (χ0n) is 9.76. The average molecular weight is 227 g/mol. The zero-order valence-corrected chi connectivity index (χ0v) is 9.76. The molecule has 0 aliphatic heterocycles. The zero-order chi connectivity index (χ0) is 11.7. The lowest BCUT2D eigenvalue weighted by Crippen LogP contribution is -2.36. The summed E-state index contributed by atoms with van der Waals surface area (Å²) >= 11 is 0. The molecule has 0 saturated heterocycles. The molecule has 1 aliphatic rings. The number of benzene rings is 1. The van der Waals surface area contributed by atoms with Gasteiger partial charge in [0.2, 0.25) is 0 Å². The third kappa shape index (κ3) is 1.92. The van der Waals surface area contributed by atoms with Crippen molar-refractivity contribution in [2.24, 2.45) is 11.8 Å². The maximum Gasteiger partial charge on any atom is 0.0702 e. The van der Waals surface area contributed by atoms with Gasteiger partial charge in [-0.15, -0.1) is 0 Å². The van der Waals surface area contributed by atoms with Crippen LogP contribution in [0.25, 0.3) is 10.9 Å². The number of nitrogens with two attached hydrogens (primary N) is 1. The van der Waals surface area contributed by atoms with Crippen LogP contribution < -0.4 is 11.3 Å². The quantitative estimate of drug-likeness (QED) is 0.626. The molecule has 1 atom stereocenters. The number of nitrogens with zero attached hydrogens (tertiary/aromatic N) is 1. The fraction of sp³-hybridized carbons (Fsp3) is 0.357. The number of pyridine rings is 1. The smallest absolute Gasteiger partial charge is 0.0702 e. The van der Waals surface area contributed by atoms with E-state index < -0.39 is 0 Å². The van der Waals surface area contributed by atoms with Crippen LogP contribution >= 0.6 is 0 Å². The third-order valence-corrected chi connectivity index (χ3v) is 3.79. The fourth-order valence-corrected chi connectivity index (χ4v) is 2.57. The maximum absolute atomic E-state index is 5.69. The Morgan fingerprint density at radius 3 is 2.88 bits per heavy atom. The monoisotopic (exact) mass is 227 g/mol. The van der Waals surface area contributed by atoms with Crippen molar-refractivity contribution in [3.8, 4) is 0 Å². The molecular formula is C14H17N3. The molecule has 1 aliphatic carbocycles. The van der Waals surface area contributed by atoms with E-state index in [1.807, 2.05) is 12.3 Å². The summed E-state index contributed by atoms with van der Waals surface area (Å²) in [4.78, 5) is 4.33. The number of nitrogens with one attached hydrogen (secondary N) is 1. The second-order valence-corrected chi connectivity index (χ2v) is 4.79. The molecule has 0 amide bonds. The van der Waals surface area contributed by atoms with Crippen molar-refractivity contribution in [1.82, 2.24) is 10.4 Å². The lowest BCUT2D eigenvalue weighted by Gasteiger charge is -2.33. The molecular weight excluding hydrogens is 210 g/mol. The maximum atomic E-state index is 5.69. The normalized spacial score (nSPS) is 17.9. The highest BCUT2D eigenvalue weighted by atomic mass is 15.2. The first-order chi connectivity index (χ1) is 8.38. The van der Waals surface area contributed by atoms with Gasteiger partial charge in [-0.2, -0.15) is 0 Å². The van der Waals surface area contributed by atoms with Crippen molar-refractivity contribution < 1.29 is 0 Å². The molecule has 0 spiro atoms. The van der Waals surface area contributed by atoms with E-state index >= 15 is 0 Å². The van der Waals surface area contributed by atoms with E-state index in [1.54, 1.807) is 0 Å². The highest BCUT2D eigenvalue weighted by molar-refractivity contribution is 5.79. The second kappa shape index (κ2) is 4.43. The standard InChI is InChI=1S/C14H17N3/c15-17-14(10-3-1-4-10)12-6-7-13-11(9-12)5-2-8-16-13/h2,5-10,14,17H,1,3-4,15H2. The Hall–Kier alpha value is -1.45. The van der Waals surface area contributed by atoms with Crippen molar-refractivity contribution in [2.75, 3.05) is 0 Å². The van der Waals surface area contributed by atoms with Gasteiger partial charge in [0.15, 0.2) is 0 Å². The molecule has 88 valence electrons. The van der Waals surface area contributed by atoms with Crippen molar-refractivity contribution >= 4 is 10.9 Å². The SMILES string of the molecule is NNC(c1ccc2ncccc2c1)C1CCC1. The molecule has 0 bridgehead atoms. The Kier molecular flexibility index (Phi) is 2.79. The van der Waals surface area contributed by atoms with Crippen LogP contribution in [0.15, 0.2) is 36.5 Å². The first-order valence-electron chi connectivity index (χ1n) is 6.19. The van der Waals surface area contributed by atoms with Crippen molar-refractivity contribution in [2.45, 2.75) is 25.3 Å². The van der Waals surface area contributed by atoms with E-state index in [0.29, 0.717) is 5.92 Å². The molecule has 3 rings (SSSR count). The molecule has 1 aromatic heterocycles. The van der Waals surface area contributed by atoms with Crippen LogP contribution in [0.4, 0.5) is 0 Å². The Morgan fingerprint density at radius 1 is 1.29 bits per heavy atom. The first-order valence-corrected chi connectivity index (χ1v) is 6.19. The lowest BCUT2D eigenvalue weighted by molar-refractivity contribution is 0.232. The summed E-state index contributed by atoms with van der Waals surface area (Å²) in [7, 11) is 0. The van der Waals surface area contributed by atoms with E-state index in [0.717, 1.165) is 5.52 Å². The van der Waals surface area contributed by atoms with Gasteiger partial charge in [0.1, 0.15) is 0 Å². The van der Waals surface area contributed by atoms with Crippen LogP contribution in [0.3, 0.4) is 0 Å². The minimum atomic E-state index is 0.286. The number of aromatic nitrogens is 1. The summed E-state index contributed by atoms with van der Waals surface area (Å²) in [6, 6.07) is 10.8. The molecule has 3 N–H and O–H groups in total. The Morgan fingerprint density at radius 2 is 2.18 bits per heavy atom. The number of hydrazine groups is 1. The number of rotatable bonds is 3. The Labute approximate surface area is 101 Å². The molecule has 0 radical (unpaired) electrons. The predicted octanol–water partition coefficient (Wildman–Crippen LogP) is 2.54. The highest BCUT2D eigenvalue weighted by Crippen LogP contribution is 2.37. The van der Waals surface area contributed by atoms with Crippen LogP contribution in [0.1, 0.15) is 30.9 Å². The van der Waals surface area contributed by atoms with Gasteiger partial charge in [-0.1, -0.05) is 18.6 Å². The average Bonchev–Trinajstić information content (AvgIpc) is 2.33. The highest BCUT2D eigenvalue weighted by Gasteiger charge is 2.27. The molecule has 3 nitrogen and oxygen atoms in total. The Bertz CT molecular complexity index is 520. The van der Waals surface area contributed by atoms with Crippen molar-refractivity contribution in [3.05, 3.63) is 42.1 Å². The summed E-state index contributed by atoms with van der Waals surface area (Å²) in [6.45, 7) is 0. The minimum Gasteiger partial charge on any atom is -0.271 e. The van der Waals surface area contributed by atoms with Crippen molar-refractivity contribution in [3.63, 3.8) is 0 Å². The predicted molar refractivity (Wildman–Crippen MR) is 69.1 cm³/mol. The van der Waals surface area contributed by atoms with Crippen LogP contribution in [0.2, 0.25) is 0 Å². The summed E-state index contributed by atoms with van der Waals surface area (Å²) in [6.07, 6.45) is 5.71. The van der Waals surface area contributed by atoms with Crippen LogP contribution in [-0.2, 0) is 0 Å². The van der Waals surface area contributed by atoms with E-state index in [9.17, 15) is 0 Å². The molecule has 1 aromatic carbocycles. The molecule has 3 heteroatoms. The molecule has 2 aromatic rings. The molecule has 17 heavy (non-hydrogen) atoms. The Balaban J connectivity index is 1.98. The van der Waals surface area contributed by atoms with Gasteiger partial charge in [0, 0.05) is 17.6 Å². The second-order valence-electron chi connectivity index (χ2n) is 4.79. The van der Waals surface area contributed by atoms with Gasteiger partial charge in [-0.05, 0) is 42.5 Å². The van der Waals surface area contributed by atoms with Crippen LogP contribution in [0, 0.1) is 5.92 Å². The van der Waals surface area contributed by atoms with Gasteiger partial charge in [0.05, 0.1) is 5.52 Å². The van der Waals surface area contributed by atoms with Gasteiger partial charge in [0.25, 0.3) is 0 Å². The summed E-state index contributed by atoms with van der Waals surface area (Å²) in [5, 5.41) is 1.18. The van der Waals surface area contributed by atoms with E-state index in [-0.39, 0.29) is 6.04 Å². The molecule has 1 heterocycles. The number of fused-ring (bicyclic) bond motifs is 1. The van der Waals surface area contributed by atoms with Crippen LogP contribution in [0.5, 0.6) is 0 Å². The first kappa shape index (κ1) is 10.7. The van der Waals surface area contributed by atoms with Crippen molar-refractivity contribution in [1.29, 1.82) is 0 Å². The number of hydrogen-bond acceptors (Lipinski definition) is 3. The van der Waals surface area contributed by atoms with E-state index in [1.165, 1.54) is 30.2 Å². The van der Waals surface area contributed by atoms with E-state index in [4.69, 9.17) is 5.84 Å². The van der Waals surface area contributed by atoms with Gasteiger partial charge in [-0.25, -0.2) is 0 Å².